The molecule has 0 bridgehead atoms. The van der Waals surface area contributed by atoms with E-state index in [0.29, 0.717) is 17.1 Å². The second-order valence-corrected chi connectivity index (χ2v) is 7.08. The summed E-state index contributed by atoms with van der Waals surface area (Å²) in [5.41, 5.74) is 3.40. The van der Waals surface area contributed by atoms with Gasteiger partial charge in [-0.05, 0) is 50.1 Å². The molecule has 0 atom stereocenters. The number of ether oxygens (including phenoxy) is 1. The Labute approximate surface area is 158 Å². The number of carbonyl (C=O) groups excluding carboxylic acids is 2. The number of para-hydroxylation sites is 1. The van der Waals surface area contributed by atoms with Crippen LogP contribution in [0.5, 0.6) is 5.75 Å². The third-order valence-electron chi connectivity index (χ3n) is 4.39. The van der Waals surface area contributed by atoms with E-state index in [4.69, 9.17) is 4.74 Å². The molecule has 0 unspecified atom stereocenters. The Kier molecular flexibility index (Phi) is 4.90. The Hall–Kier alpha value is -3.28. The molecule has 0 saturated heterocycles. The number of benzene rings is 2. The van der Waals surface area contributed by atoms with Crippen molar-refractivity contribution in [3.05, 3.63) is 60.2 Å². The van der Waals surface area contributed by atoms with E-state index >= 15 is 0 Å². The van der Waals surface area contributed by atoms with Crippen molar-refractivity contribution >= 4 is 28.9 Å². The van der Waals surface area contributed by atoms with E-state index in [1.54, 1.807) is 18.2 Å². The minimum absolute atomic E-state index is 0.0769. The van der Waals surface area contributed by atoms with Gasteiger partial charge in [0, 0.05) is 0 Å². The van der Waals surface area contributed by atoms with Crippen LogP contribution in [0.3, 0.4) is 0 Å². The molecule has 0 aliphatic carbocycles. The number of fused-ring (bicyclic) bond motifs is 1. The number of urea groups is 1. The Balaban J connectivity index is 1.76. The van der Waals surface area contributed by atoms with E-state index in [1.165, 1.54) is 0 Å². The molecule has 0 aromatic heterocycles. The summed E-state index contributed by atoms with van der Waals surface area (Å²) < 4.78 is 5.46. The SMILES string of the molecule is C=C(C)c1cccc(C(C)(C)NC(=O)Nc2cccc3c2OCC(=O)N3)c1. The number of hydrogen-bond donors (Lipinski definition) is 3. The zero-order valence-corrected chi connectivity index (χ0v) is 15.7. The topological polar surface area (TPSA) is 79.5 Å². The molecule has 0 saturated carbocycles. The third kappa shape index (κ3) is 4.11. The van der Waals surface area contributed by atoms with Crippen molar-refractivity contribution in [2.75, 3.05) is 17.2 Å². The molecule has 0 spiro atoms. The van der Waals surface area contributed by atoms with Gasteiger partial charge in [-0.1, -0.05) is 36.4 Å². The molecule has 6 heteroatoms. The highest BCUT2D eigenvalue weighted by Gasteiger charge is 2.25. The molecule has 3 amide bonds. The smallest absolute Gasteiger partial charge is 0.320 e. The van der Waals surface area contributed by atoms with Gasteiger partial charge in [-0.2, -0.15) is 0 Å². The van der Waals surface area contributed by atoms with E-state index in [0.717, 1.165) is 16.7 Å². The van der Waals surface area contributed by atoms with E-state index < -0.39 is 5.54 Å². The summed E-state index contributed by atoms with van der Waals surface area (Å²) >= 11 is 0. The van der Waals surface area contributed by atoms with Crippen LogP contribution in [0.4, 0.5) is 16.2 Å². The Bertz CT molecular complexity index is 919. The van der Waals surface area contributed by atoms with E-state index in [1.807, 2.05) is 45.0 Å². The molecule has 0 radical (unpaired) electrons. The zero-order chi connectivity index (χ0) is 19.6. The van der Waals surface area contributed by atoms with Crippen molar-refractivity contribution in [1.29, 1.82) is 0 Å². The minimum Gasteiger partial charge on any atom is -0.479 e. The van der Waals surface area contributed by atoms with Crippen molar-refractivity contribution in [2.45, 2.75) is 26.3 Å². The molecular formula is C21H23N3O3. The van der Waals surface area contributed by atoms with Gasteiger partial charge >= 0.3 is 6.03 Å². The van der Waals surface area contributed by atoms with Crippen molar-refractivity contribution in [2.24, 2.45) is 0 Å². The lowest BCUT2D eigenvalue weighted by molar-refractivity contribution is -0.118. The molecule has 1 heterocycles. The fourth-order valence-electron chi connectivity index (χ4n) is 2.90. The summed E-state index contributed by atoms with van der Waals surface area (Å²) in [6, 6.07) is 12.8. The molecule has 2 aromatic carbocycles. The molecule has 2 aromatic rings. The van der Waals surface area contributed by atoms with Crippen molar-refractivity contribution < 1.29 is 14.3 Å². The van der Waals surface area contributed by atoms with Crippen molar-refractivity contribution in [3.63, 3.8) is 0 Å². The Morgan fingerprint density at radius 3 is 2.70 bits per heavy atom. The number of hydrogen-bond acceptors (Lipinski definition) is 3. The fraction of sp³-hybridized carbons (Fsp3) is 0.238. The molecule has 0 fully saturated rings. The number of allylic oxidation sites excluding steroid dienone is 1. The Morgan fingerprint density at radius 2 is 1.96 bits per heavy atom. The first kappa shape index (κ1) is 18.5. The third-order valence-corrected chi connectivity index (χ3v) is 4.39. The van der Waals surface area contributed by atoms with Crippen molar-refractivity contribution in [1.82, 2.24) is 5.32 Å². The highest BCUT2D eigenvalue weighted by molar-refractivity contribution is 5.99. The van der Waals surface area contributed by atoms with Crippen LogP contribution in [0.25, 0.3) is 5.57 Å². The summed E-state index contributed by atoms with van der Waals surface area (Å²) in [4.78, 5) is 24.0. The fourth-order valence-corrected chi connectivity index (χ4v) is 2.90. The predicted molar refractivity (Wildman–Crippen MR) is 107 cm³/mol. The van der Waals surface area contributed by atoms with Crippen LogP contribution in [0.2, 0.25) is 0 Å². The average Bonchev–Trinajstić information content (AvgIpc) is 2.61. The quantitative estimate of drug-likeness (QED) is 0.763. The van der Waals surface area contributed by atoms with Gasteiger partial charge in [-0.25, -0.2) is 4.79 Å². The molecule has 6 nitrogen and oxygen atoms in total. The number of carbonyl (C=O) groups is 2. The van der Waals surface area contributed by atoms with Crippen LogP contribution in [-0.2, 0) is 10.3 Å². The summed E-state index contributed by atoms with van der Waals surface area (Å²) in [5, 5.41) is 8.50. The minimum atomic E-state index is -0.598. The normalized spacial score (nSPS) is 13.1. The van der Waals surface area contributed by atoms with Crippen LogP contribution in [0.1, 0.15) is 31.9 Å². The first-order valence-corrected chi connectivity index (χ1v) is 8.67. The van der Waals surface area contributed by atoms with E-state index in [2.05, 4.69) is 22.5 Å². The molecular weight excluding hydrogens is 342 g/mol. The molecule has 1 aliphatic heterocycles. The predicted octanol–water partition coefficient (Wildman–Crippen LogP) is 4.11. The maximum atomic E-state index is 12.6. The number of amides is 3. The number of anilines is 2. The van der Waals surface area contributed by atoms with Gasteiger partial charge in [0.15, 0.2) is 12.4 Å². The summed E-state index contributed by atoms with van der Waals surface area (Å²) in [5.74, 6) is 0.233. The van der Waals surface area contributed by atoms with Crippen LogP contribution >= 0.6 is 0 Å². The maximum absolute atomic E-state index is 12.6. The highest BCUT2D eigenvalue weighted by atomic mass is 16.5. The van der Waals surface area contributed by atoms with Crippen LogP contribution in [0.15, 0.2) is 49.0 Å². The van der Waals surface area contributed by atoms with Crippen LogP contribution in [0, 0.1) is 0 Å². The second kappa shape index (κ2) is 7.15. The lowest BCUT2D eigenvalue weighted by Gasteiger charge is -2.28. The van der Waals surface area contributed by atoms with Gasteiger partial charge in [-0.3, -0.25) is 4.79 Å². The highest BCUT2D eigenvalue weighted by Crippen LogP contribution is 2.35. The van der Waals surface area contributed by atoms with Gasteiger partial charge < -0.3 is 20.7 Å². The molecule has 27 heavy (non-hydrogen) atoms. The van der Waals surface area contributed by atoms with Crippen LogP contribution < -0.4 is 20.7 Å². The Morgan fingerprint density at radius 1 is 1.22 bits per heavy atom. The largest absolute Gasteiger partial charge is 0.479 e. The van der Waals surface area contributed by atoms with Gasteiger partial charge in [-0.15, -0.1) is 0 Å². The van der Waals surface area contributed by atoms with Crippen LogP contribution in [-0.4, -0.2) is 18.5 Å². The summed E-state index contributed by atoms with van der Waals surface area (Å²) in [6.45, 7) is 9.70. The summed E-state index contributed by atoms with van der Waals surface area (Å²) in [6.07, 6.45) is 0. The first-order chi connectivity index (χ1) is 12.8. The van der Waals surface area contributed by atoms with Gasteiger partial charge in [0.25, 0.3) is 5.91 Å². The standard InChI is InChI=1S/C21H23N3O3/c1-13(2)14-7-5-8-15(11-14)21(3,4)24-20(26)23-17-10-6-9-16-19(17)27-12-18(25)22-16/h5-11H,1,12H2,2-4H3,(H,22,25)(H2,23,24,26). The van der Waals surface area contributed by atoms with E-state index in [9.17, 15) is 9.59 Å². The average molecular weight is 365 g/mol. The van der Waals surface area contributed by atoms with Gasteiger partial charge in [0.05, 0.1) is 16.9 Å². The molecule has 140 valence electrons. The van der Waals surface area contributed by atoms with E-state index in [-0.39, 0.29) is 18.5 Å². The number of rotatable bonds is 4. The first-order valence-electron chi connectivity index (χ1n) is 8.67. The molecule has 3 N–H and O–H groups in total. The monoisotopic (exact) mass is 365 g/mol. The summed E-state index contributed by atoms with van der Waals surface area (Å²) in [7, 11) is 0. The van der Waals surface area contributed by atoms with Crippen molar-refractivity contribution in [3.8, 4) is 5.75 Å². The number of nitrogens with one attached hydrogen (secondary N) is 3. The zero-order valence-electron chi connectivity index (χ0n) is 15.7. The lowest BCUT2D eigenvalue weighted by Crippen LogP contribution is -2.43. The second-order valence-electron chi connectivity index (χ2n) is 7.08. The maximum Gasteiger partial charge on any atom is 0.320 e. The molecule has 3 rings (SSSR count). The van der Waals surface area contributed by atoms with Gasteiger partial charge in [0.1, 0.15) is 0 Å². The van der Waals surface area contributed by atoms with Gasteiger partial charge in [0.2, 0.25) is 0 Å². The molecule has 1 aliphatic rings. The lowest BCUT2D eigenvalue weighted by atomic mass is 9.92.